The summed E-state index contributed by atoms with van der Waals surface area (Å²) in [4.78, 5) is 6.30. The van der Waals surface area contributed by atoms with Gasteiger partial charge in [-0.05, 0) is 26.2 Å². The van der Waals surface area contributed by atoms with Crippen molar-refractivity contribution in [2.45, 2.75) is 32.2 Å². The fourth-order valence-electron chi connectivity index (χ4n) is 2.38. The first-order chi connectivity index (χ1) is 8.27. The SMILES string of the molecule is C[C@H]1CCCCN1c1nnc2c(Cl)nccn12. The Bertz CT molecular complexity index is 538. The Kier molecular flexibility index (Phi) is 2.63. The van der Waals surface area contributed by atoms with Gasteiger partial charge in [-0.2, -0.15) is 0 Å². The van der Waals surface area contributed by atoms with Crippen LogP contribution < -0.4 is 4.90 Å². The molecule has 0 N–H and O–H groups in total. The van der Waals surface area contributed by atoms with E-state index in [1.807, 2.05) is 10.6 Å². The van der Waals surface area contributed by atoms with Gasteiger partial charge in [-0.15, -0.1) is 10.2 Å². The molecule has 0 unspecified atom stereocenters. The number of hydrogen-bond donors (Lipinski definition) is 0. The molecule has 1 aliphatic heterocycles. The summed E-state index contributed by atoms with van der Waals surface area (Å²) >= 11 is 5.99. The summed E-state index contributed by atoms with van der Waals surface area (Å²) in [6, 6.07) is 0.503. The smallest absolute Gasteiger partial charge is 0.232 e. The van der Waals surface area contributed by atoms with Crippen LogP contribution in [-0.2, 0) is 0 Å². The molecule has 1 atom stereocenters. The zero-order valence-corrected chi connectivity index (χ0v) is 10.4. The molecule has 3 heterocycles. The van der Waals surface area contributed by atoms with Gasteiger partial charge in [0.25, 0.3) is 0 Å². The quantitative estimate of drug-likeness (QED) is 0.779. The van der Waals surface area contributed by atoms with Crippen LogP contribution in [-0.4, -0.2) is 32.2 Å². The van der Waals surface area contributed by atoms with E-state index in [0.717, 1.165) is 12.5 Å². The molecule has 17 heavy (non-hydrogen) atoms. The van der Waals surface area contributed by atoms with Crippen LogP contribution in [0.15, 0.2) is 12.4 Å². The van der Waals surface area contributed by atoms with Crippen LogP contribution in [0.2, 0.25) is 5.15 Å². The van der Waals surface area contributed by atoms with Gasteiger partial charge < -0.3 is 4.90 Å². The highest BCUT2D eigenvalue weighted by Crippen LogP contribution is 2.24. The molecule has 0 spiro atoms. The first-order valence-corrected chi connectivity index (χ1v) is 6.27. The summed E-state index contributed by atoms with van der Waals surface area (Å²) in [6.07, 6.45) is 7.23. The Morgan fingerprint density at radius 1 is 1.35 bits per heavy atom. The molecular weight excluding hydrogens is 238 g/mol. The molecular formula is C11H14ClN5. The predicted octanol–water partition coefficient (Wildman–Crippen LogP) is 2.16. The standard InChI is InChI=1S/C11H14ClN5/c1-8-4-2-3-6-16(8)11-15-14-10-9(12)13-5-7-17(10)11/h5,7-8H,2-4,6H2,1H3/t8-/m0/s1. The third kappa shape index (κ3) is 1.74. The largest absolute Gasteiger partial charge is 0.338 e. The first kappa shape index (κ1) is 10.8. The van der Waals surface area contributed by atoms with Crippen LogP contribution in [0.1, 0.15) is 26.2 Å². The molecule has 0 saturated carbocycles. The van der Waals surface area contributed by atoms with Gasteiger partial charge in [-0.1, -0.05) is 11.6 Å². The molecule has 2 aromatic heterocycles. The van der Waals surface area contributed by atoms with Gasteiger partial charge >= 0.3 is 0 Å². The van der Waals surface area contributed by atoms with Crippen LogP contribution in [0.5, 0.6) is 0 Å². The van der Waals surface area contributed by atoms with Crippen LogP contribution in [0.4, 0.5) is 5.95 Å². The number of nitrogens with zero attached hydrogens (tertiary/aromatic N) is 5. The molecule has 0 radical (unpaired) electrons. The molecule has 1 saturated heterocycles. The van der Waals surface area contributed by atoms with E-state index in [0.29, 0.717) is 16.8 Å². The van der Waals surface area contributed by atoms with Crippen LogP contribution in [0, 0.1) is 0 Å². The Balaban J connectivity index is 2.08. The third-order valence-electron chi connectivity index (χ3n) is 3.33. The Hall–Kier alpha value is -1.36. The zero-order chi connectivity index (χ0) is 11.8. The predicted molar refractivity (Wildman–Crippen MR) is 66.5 cm³/mol. The van der Waals surface area contributed by atoms with Crippen molar-refractivity contribution in [3.8, 4) is 0 Å². The maximum Gasteiger partial charge on any atom is 0.232 e. The van der Waals surface area contributed by atoms with Gasteiger partial charge in [0, 0.05) is 25.0 Å². The maximum atomic E-state index is 5.99. The highest BCUT2D eigenvalue weighted by molar-refractivity contribution is 6.32. The summed E-state index contributed by atoms with van der Waals surface area (Å²) in [5.74, 6) is 0.872. The van der Waals surface area contributed by atoms with Crippen LogP contribution >= 0.6 is 11.6 Å². The van der Waals surface area contributed by atoms with Gasteiger partial charge in [-0.25, -0.2) is 4.98 Å². The number of hydrogen-bond acceptors (Lipinski definition) is 4. The van der Waals surface area contributed by atoms with Gasteiger partial charge in [0.15, 0.2) is 10.8 Å². The average Bonchev–Trinajstić information content (AvgIpc) is 2.75. The van der Waals surface area contributed by atoms with Crippen molar-refractivity contribution >= 4 is 23.2 Å². The van der Waals surface area contributed by atoms with E-state index in [1.54, 1.807) is 6.20 Å². The summed E-state index contributed by atoms with van der Waals surface area (Å²) in [5.41, 5.74) is 0.627. The van der Waals surface area contributed by atoms with Crippen molar-refractivity contribution < 1.29 is 0 Å². The minimum absolute atomic E-state index is 0.399. The van der Waals surface area contributed by atoms with E-state index < -0.39 is 0 Å². The lowest BCUT2D eigenvalue weighted by atomic mass is 10.0. The van der Waals surface area contributed by atoms with E-state index in [-0.39, 0.29) is 0 Å². The first-order valence-electron chi connectivity index (χ1n) is 5.89. The van der Waals surface area contributed by atoms with Crippen LogP contribution in [0.25, 0.3) is 5.65 Å². The number of aromatic nitrogens is 4. The van der Waals surface area contributed by atoms with E-state index in [9.17, 15) is 0 Å². The zero-order valence-electron chi connectivity index (χ0n) is 9.67. The summed E-state index contributed by atoms with van der Waals surface area (Å²) in [6.45, 7) is 3.25. The van der Waals surface area contributed by atoms with E-state index in [4.69, 9.17) is 11.6 Å². The van der Waals surface area contributed by atoms with E-state index >= 15 is 0 Å². The second kappa shape index (κ2) is 4.14. The number of halogens is 1. The molecule has 90 valence electrons. The van der Waals surface area contributed by atoms with Gasteiger partial charge in [-0.3, -0.25) is 4.40 Å². The monoisotopic (exact) mass is 251 g/mol. The third-order valence-corrected chi connectivity index (χ3v) is 3.59. The lowest BCUT2D eigenvalue weighted by Crippen LogP contribution is -2.38. The van der Waals surface area contributed by atoms with E-state index in [2.05, 4.69) is 27.0 Å². The molecule has 0 amide bonds. The Morgan fingerprint density at radius 3 is 3.06 bits per heavy atom. The number of anilines is 1. The Labute approximate surface area is 104 Å². The van der Waals surface area contributed by atoms with E-state index in [1.165, 1.54) is 19.3 Å². The molecule has 5 nitrogen and oxygen atoms in total. The topological polar surface area (TPSA) is 46.3 Å². The molecule has 2 aromatic rings. The lowest BCUT2D eigenvalue weighted by molar-refractivity contribution is 0.476. The number of fused-ring (bicyclic) bond motifs is 1. The van der Waals surface area contributed by atoms with Crippen molar-refractivity contribution in [3.63, 3.8) is 0 Å². The number of rotatable bonds is 1. The highest BCUT2D eigenvalue weighted by atomic mass is 35.5. The summed E-state index contributed by atoms with van der Waals surface area (Å²) in [5, 5.41) is 8.75. The summed E-state index contributed by atoms with van der Waals surface area (Å²) in [7, 11) is 0. The number of piperidine rings is 1. The van der Waals surface area contributed by atoms with Crippen molar-refractivity contribution in [2.75, 3.05) is 11.4 Å². The molecule has 0 aromatic carbocycles. The minimum Gasteiger partial charge on any atom is -0.338 e. The fourth-order valence-corrected chi connectivity index (χ4v) is 2.56. The van der Waals surface area contributed by atoms with Crippen LogP contribution in [0.3, 0.4) is 0 Å². The highest BCUT2D eigenvalue weighted by Gasteiger charge is 2.23. The molecule has 1 fully saturated rings. The maximum absolute atomic E-state index is 5.99. The van der Waals surface area contributed by atoms with Crippen molar-refractivity contribution in [1.29, 1.82) is 0 Å². The molecule has 0 bridgehead atoms. The van der Waals surface area contributed by atoms with Crippen molar-refractivity contribution in [2.24, 2.45) is 0 Å². The van der Waals surface area contributed by atoms with Gasteiger partial charge in [0.05, 0.1) is 0 Å². The lowest BCUT2D eigenvalue weighted by Gasteiger charge is -2.33. The van der Waals surface area contributed by atoms with Crippen molar-refractivity contribution in [3.05, 3.63) is 17.5 Å². The van der Waals surface area contributed by atoms with Crippen molar-refractivity contribution in [1.82, 2.24) is 19.6 Å². The second-order valence-corrected chi connectivity index (χ2v) is 4.81. The summed E-state index contributed by atoms with van der Waals surface area (Å²) < 4.78 is 1.91. The normalized spacial score (nSPS) is 21.1. The second-order valence-electron chi connectivity index (χ2n) is 4.45. The minimum atomic E-state index is 0.399. The molecule has 6 heteroatoms. The van der Waals surface area contributed by atoms with Gasteiger partial charge in [0.2, 0.25) is 5.95 Å². The molecule has 1 aliphatic rings. The fraction of sp³-hybridized carbons (Fsp3) is 0.545. The molecule has 3 rings (SSSR count). The molecule has 0 aliphatic carbocycles. The van der Waals surface area contributed by atoms with Gasteiger partial charge in [0.1, 0.15) is 0 Å². The Morgan fingerprint density at radius 2 is 2.24 bits per heavy atom. The average molecular weight is 252 g/mol.